The van der Waals surface area contributed by atoms with E-state index < -0.39 is 23.4 Å². The Hall–Kier alpha value is -4.08. The summed E-state index contributed by atoms with van der Waals surface area (Å²) in [5.74, 6) is -1.63. The highest BCUT2D eigenvalue weighted by atomic mass is 16.6. The van der Waals surface area contributed by atoms with Crippen molar-refractivity contribution in [1.82, 2.24) is 9.78 Å². The molecular weight excluding hydrogens is 392 g/mol. The lowest BCUT2D eigenvalue weighted by atomic mass is 10.1. The number of aromatic nitrogens is 2. The van der Waals surface area contributed by atoms with Crippen molar-refractivity contribution < 1.29 is 19.2 Å². The third-order valence-corrected chi connectivity index (χ3v) is 4.32. The van der Waals surface area contributed by atoms with Crippen LogP contribution < -0.4 is 10.9 Å². The van der Waals surface area contributed by atoms with Gasteiger partial charge in [0.15, 0.2) is 12.3 Å². The molecule has 3 rings (SSSR count). The number of nitro benzene ring substituents is 1. The van der Waals surface area contributed by atoms with Crippen LogP contribution in [0.3, 0.4) is 0 Å². The molecule has 0 bridgehead atoms. The van der Waals surface area contributed by atoms with Crippen molar-refractivity contribution in [2.24, 2.45) is 0 Å². The van der Waals surface area contributed by atoms with Crippen LogP contribution in [-0.2, 0) is 16.1 Å². The molecule has 1 N–H and O–H groups in total. The van der Waals surface area contributed by atoms with E-state index in [9.17, 15) is 24.5 Å². The second-order valence-corrected chi connectivity index (χ2v) is 6.42. The van der Waals surface area contributed by atoms with E-state index in [1.165, 1.54) is 12.1 Å². The summed E-state index contributed by atoms with van der Waals surface area (Å²) in [6.45, 7) is 2.97. The Labute approximate surface area is 170 Å². The number of carbonyl (C=O) groups excluding carboxylic acids is 2. The molecule has 0 spiro atoms. The van der Waals surface area contributed by atoms with Gasteiger partial charge in [0.1, 0.15) is 5.69 Å². The average molecular weight is 410 g/mol. The molecule has 0 atom stereocenters. The summed E-state index contributed by atoms with van der Waals surface area (Å²) in [7, 11) is 0. The zero-order valence-corrected chi connectivity index (χ0v) is 16.2. The number of carbonyl (C=O) groups is 2. The fourth-order valence-corrected chi connectivity index (χ4v) is 2.88. The topological polar surface area (TPSA) is 133 Å². The lowest BCUT2D eigenvalue weighted by molar-refractivity contribution is -0.384. The van der Waals surface area contributed by atoms with E-state index >= 15 is 0 Å². The Morgan fingerprint density at radius 1 is 1.20 bits per heavy atom. The van der Waals surface area contributed by atoms with E-state index in [2.05, 4.69) is 10.4 Å². The maximum Gasteiger partial charge on any atom is 0.359 e. The van der Waals surface area contributed by atoms with Gasteiger partial charge in [-0.25, -0.2) is 9.48 Å². The summed E-state index contributed by atoms with van der Waals surface area (Å²) in [6.07, 6.45) is 0. The standard InChI is InChI=1S/C20H18N4O6/c1-3-23-19(26)14-7-5-4-6-13(14)18(22-23)20(27)30-11-17(25)21-15-9-8-12(2)10-16(15)24(28)29/h4-10H,3,11H2,1-2H3,(H,21,25). The summed E-state index contributed by atoms with van der Waals surface area (Å²) in [5, 5.41) is 18.2. The van der Waals surface area contributed by atoms with Gasteiger partial charge in [-0.1, -0.05) is 24.3 Å². The number of ether oxygens (including phenoxy) is 1. The minimum Gasteiger partial charge on any atom is -0.451 e. The van der Waals surface area contributed by atoms with Crippen molar-refractivity contribution in [2.45, 2.75) is 20.4 Å². The number of amides is 1. The third kappa shape index (κ3) is 4.17. The van der Waals surface area contributed by atoms with Crippen LogP contribution in [0.2, 0.25) is 0 Å². The Bertz CT molecular complexity index is 1220. The lowest BCUT2D eigenvalue weighted by Gasteiger charge is -2.10. The Morgan fingerprint density at radius 2 is 1.90 bits per heavy atom. The second kappa shape index (κ2) is 8.52. The lowest BCUT2D eigenvalue weighted by Crippen LogP contribution is -2.27. The van der Waals surface area contributed by atoms with Gasteiger partial charge in [0.2, 0.25) is 0 Å². The molecule has 0 radical (unpaired) electrons. The Balaban J connectivity index is 1.78. The summed E-state index contributed by atoms with van der Waals surface area (Å²) >= 11 is 0. The van der Waals surface area contributed by atoms with Gasteiger partial charge in [-0.15, -0.1) is 0 Å². The molecule has 0 fully saturated rings. The van der Waals surface area contributed by atoms with Crippen LogP contribution in [0.1, 0.15) is 23.0 Å². The molecule has 0 saturated heterocycles. The molecule has 0 unspecified atom stereocenters. The van der Waals surface area contributed by atoms with Gasteiger partial charge < -0.3 is 10.1 Å². The van der Waals surface area contributed by atoms with Gasteiger partial charge in [0.25, 0.3) is 17.2 Å². The van der Waals surface area contributed by atoms with Gasteiger partial charge in [0.05, 0.1) is 10.3 Å². The number of nitro groups is 1. The molecule has 1 amide bonds. The molecular formula is C20H18N4O6. The number of aryl methyl sites for hydroxylation is 2. The van der Waals surface area contributed by atoms with Crippen LogP contribution in [-0.4, -0.2) is 33.2 Å². The predicted octanol–water partition coefficient (Wildman–Crippen LogP) is 2.43. The van der Waals surface area contributed by atoms with Gasteiger partial charge in [-0.05, 0) is 31.5 Å². The highest BCUT2D eigenvalue weighted by molar-refractivity contribution is 6.03. The average Bonchev–Trinajstić information content (AvgIpc) is 2.73. The van der Waals surface area contributed by atoms with Crippen molar-refractivity contribution >= 4 is 34.0 Å². The molecule has 30 heavy (non-hydrogen) atoms. The first kappa shape index (κ1) is 20.6. The van der Waals surface area contributed by atoms with E-state index in [1.807, 2.05) is 0 Å². The molecule has 1 heterocycles. The van der Waals surface area contributed by atoms with Crippen LogP contribution in [0.4, 0.5) is 11.4 Å². The van der Waals surface area contributed by atoms with E-state index in [-0.39, 0.29) is 29.2 Å². The van der Waals surface area contributed by atoms with Gasteiger partial charge in [0, 0.05) is 18.0 Å². The van der Waals surface area contributed by atoms with Crippen LogP contribution >= 0.6 is 0 Å². The SMILES string of the molecule is CCn1nc(C(=O)OCC(=O)Nc2ccc(C)cc2[N+](=O)[O-])c2ccccc2c1=O. The normalized spacial score (nSPS) is 10.6. The van der Waals surface area contributed by atoms with E-state index in [4.69, 9.17) is 4.74 Å². The summed E-state index contributed by atoms with van der Waals surface area (Å²) in [4.78, 5) is 47.6. The minimum absolute atomic E-state index is 0.00486. The quantitative estimate of drug-likeness (QED) is 0.375. The number of hydrogen-bond donors (Lipinski definition) is 1. The molecule has 0 aliphatic heterocycles. The predicted molar refractivity (Wildman–Crippen MR) is 108 cm³/mol. The van der Waals surface area contributed by atoms with E-state index in [0.717, 1.165) is 4.68 Å². The maximum absolute atomic E-state index is 12.5. The van der Waals surface area contributed by atoms with Crippen LogP contribution in [0, 0.1) is 17.0 Å². The molecule has 154 valence electrons. The molecule has 10 heteroatoms. The molecule has 0 aliphatic rings. The smallest absolute Gasteiger partial charge is 0.359 e. The van der Waals surface area contributed by atoms with Gasteiger partial charge >= 0.3 is 5.97 Å². The van der Waals surface area contributed by atoms with Crippen LogP contribution in [0.25, 0.3) is 10.8 Å². The number of rotatable bonds is 6. The first-order valence-corrected chi connectivity index (χ1v) is 9.03. The van der Waals surface area contributed by atoms with Crippen molar-refractivity contribution in [3.05, 3.63) is 74.2 Å². The first-order valence-electron chi connectivity index (χ1n) is 9.03. The van der Waals surface area contributed by atoms with Gasteiger partial charge in [-0.3, -0.25) is 19.7 Å². The first-order chi connectivity index (χ1) is 14.3. The Morgan fingerprint density at radius 3 is 2.57 bits per heavy atom. The number of esters is 1. The van der Waals surface area contributed by atoms with Crippen molar-refractivity contribution in [3.63, 3.8) is 0 Å². The molecule has 0 aliphatic carbocycles. The minimum atomic E-state index is -0.887. The fourth-order valence-electron chi connectivity index (χ4n) is 2.88. The molecule has 0 saturated carbocycles. The van der Waals surface area contributed by atoms with Crippen molar-refractivity contribution in [3.8, 4) is 0 Å². The summed E-state index contributed by atoms with van der Waals surface area (Å²) in [6, 6.07) is 10.8. The second-order valence-electron chi connectivity index (χ2n) is 6.42. The largest absolute Gasteiger partial charge is 0.451 e. The highest BCUT2D eigenvalue weighted by Gasteiger charge is 2.20. The van der Waals surface area contributed by atoms with E-state index in [0.29, 0.717) is 16.3 Å². The number of fused-ring (bicyclic) bond motifs is 1. The molecule has 10 nitrogen and oxygen atoms in total. The molecule has 2 aromatic carbocycles. The van der Waals surface area contributed by atoms with Crippen molar-refractivity contribution in [1.29, 1.82) is 0 Å². The van der Waals surface area contributed by atoms with Gasteiger partial charge in [-0.2, -0.15) is 5.10 Å². The number of nitrogens with one attached hydrogen (secondary N) is 1. The number of hydrogen-bond acceptors (Lipinski definition) is 7. The van der Waals surface area contributed by atoms with Crippen LogP contribution in [0.15, 0.2) is 47.3 Å². The zero-order chi connectivity index (χ0) is 21.8. The molecule has 3 aromatic rings. The number of anilines is 1. The monoisotopic (exact) mass is 410 g/mol. The zero-order valence-electron chi connectivity index (χ0n) is 16.2. The van der Waals surface area contributed by atoms with Crippen molar-refractivity contribution in [2.75, 3.05) is 11.9 Å². The number of benzene rings is 2. The molecule has 1 aromatic heterocycles. The summed E-state index contributed by atoms with van der Waals surface area (Å²) < 4.78 is 6.17. The maximum atomic E-state index is 12.5. The fraction of sp³-hybridized carbons (Fsp3) is 0.200. The Kier molecular flexibility index (Phi) is 5.86. The number of nitrogens with zero attached hydrogens (tertiary/aromatic N) is 3. The third-order valence-electron chi connectivity index (χ3n) is 4.32. The highest BCUT2D eigenvalue weighted by Crippen LogP contribution is 2.25. The van der Waals surface area contributed by atoms with E-state index in [1.54, 1.807) is 44.2 Å². The van der Waals surface area contributed by atoms with Crippen LogP contribution in [0.5, 0.6) is 0 Å². The summed E-state index contributed by atoms with van der Waals surface area (Å²) in [5.41, 5.74) is -0.0440.